The van der Waals surface area contributed by atoms with Crippen LogP contribution >= 0.6 is 0 Å². The molecule has 4 nitrogen and oxygen atoms in total. The fourth-order valence-electron chi connectivity index (χ4n) is 8.64. The number of rotatable bonds is 3. The number of benzene rings is 8. The lowest BCUT2D eigenvalue weighted by atomic mass is 9.50. The lowest BCUT2D eigenvalue weighted by Gasteiger charge is -2.33. The van der Waals surface area contributed by atoms with Gasteiger partial charge in [-0.25, -0.2) is 0 Å². The van der Waals surface area contributed by atoms with Crippen LogP contribution in [0, 0.1) is 0 Å². The quantitative estimate of drug-likeness (QED) is 0.175. The molecule has 0 aliphatic carbocycles. The standard InChI is InChI=1S/C48H28BNO3/c1-5-16-41-34(12-1)35-13-2-6-17-42(35)50(41)33-11-9-10-29(24-33)31-20-22-40-46(27-31)52-47-28-32(26-39-37-15-4-8-19-45(37)53-49(40)48(39)47)30-21-23-44-38(25-30)36-14-3-7-18-43(36)51-44/h1-28H. The van der Waals surface area contributed by atoms with Crippen molar-refractivity contribution in [3.63, 3.8) is 0 Å². The van der Waals surface area contributed by atoms with E-state index >= 15 is 0 Å². The Labute approximate surface area is 305 Å². The molecule has 0 bridgehead atoms. The lowest BCUT2D eigenvalue weighted by molar-refractivity contribution is 0.480. The van der Waals surface area contributed by atoms with E-state index in [1.807, 2.05) is 18.2 Å². The van der Waals surface area contributed by atoms with E-state index in [0.717, 1.165) is 89.2 Å². The molecule has 0 amide bonds. The predicted octanol–water partition coefficient (Wildman–Crippen LogP) is 11.3. The van der Waals surface area contributed by atoms with E-state index in [4.69, 9.17) is 13.8 Å². The molecule has 0 saturated heterocycles. The number of hydrogen-bond donors (Lipinski definition) is 0. The molecule has 2 aliphatic heterocycles. The summed E-state index contributed by atoms with van der Waals surface area (Å²) in [5.74, 6) is 2.50. The van der Waals surface area contributed by atoms with Crippen molar-refractivity contribution in [2.75, 3.05) is 0 Å². The topological polar surface area (TPSA) is 36.5 Å². The summed E-state index contributed by atoms with van der Waals surface area (Å²) in [6.45, 7) is -0.286. The highest BCUT2D eigenvalue weighted by atomic mass is 16.5. The largest absolute Gasteiger partial charge is 0.551 e. The van der Waals surface area contributed by atoms with Crippen molar-refractivity contribution in [1.82, 2.24) is 4.57 Å². The monoisotopic (exact) mass is 677 g/mol. The summed E-state index contributed by atoms with van der Waals surface area (Å²) in [6, 6.07) is 60.0. The highest BCUT2D eigenvalue weighted by molar-refractivity contribution is 6.84. The van der Waals surface area contributed by atoms with Crippen LogP contribution in [0.3, 0.4) is 0 Å². The number of para-hydroxylation sites is 4. The van der Waals surface area contributed by atoms with Crippen LogP contribution in [0.4, 0.5) is 0 Å². The van der Waals surface area contributed by atoms with Crippen molar-refractivity contribution < 1.29 is 13.8 Å². The van der Waals surface area contributed by atoms with Gasteiger partial charge in [-0.3, -0.25) is 0 Å². The molecule has 0 atom stereocenters. The van der Waals surface area contributed by atoms with Crippen LogP contribution in [0.2, 0.25) is 0 Å². The van der Waals surface area contributed by atoms with Crippen molar-refractivity contribution in [1.29, 1.82) is 0 Å². The Kier molecular flexibility index (Phi) is 5.83. The van der Waals surface area contributed by atoms with Crippen LogP contribution in [0.15, 0.2) is 174 Å². The number of ether oxygens (including phenoxy) is 1. The van der Waals surface area contributed by atoms with Crippen LogP contribution in [-0.4, -0.2) is 11.5 Å². The predicted molar refractivity (Wildman–Crippen MR) is 217 cm³/mol. The molecule has 12 rings (SSSR count). The van der Waals surface area contributed by atoms with Gasteiger partial charge in [-0.2, -0.15) is 0 Å². The normalized spacial score (nSPS) is 12.8. The smallest absolute Gasteiger partial charge is 0.434 e. The molecule has 0 N–H and O–H groups in total. The van der Waals surface area contributed by atoms with Crippen LogP contribution in [0.5, 0.6) is 17.2 Å². The maximum absolute atomic E-state index is 6.92. The maximum Gasteiger partial charge on any atom is 0.434 e. The molecular formula is C48H28BNO3. The summed E-state index contributed by atoms with van der Waals surface area (Å²) >= 11 is 0. The van der Waals surface area contributed by atoms with Gasteiger partial charge >= 0.3 is 6.92 Å². The molecule has 53 heavy (non-hydrogen) atoms. The Balaban J connectivity index is 0.995. The van der Waals surface area contributed by atoms with Crippen molar-refractivity contribution in [2.24, 2.45) is 0 Å². The second-order valence-electron chi connectivity index (χ2n) is 14.0. The second-order valence-corrected chi connectivity index (χ2v) is 14.0. The third kappa shape index (κ3) is 4.19. The molecule has 246 valence electrons. The second kappa shape index (κ2) is 10.8. The van der Waals surface area contributed by atoms with Crippen molar-refractivity contribution >= 4 is 61.6 Å². The highest BCUT2D eigenvalue weighted by Crippen LogP contribution is 2.43. The number of aromatic nitrogens is 1. The SMILES string of the molecule is c1cc(-c2ccc3c(c2)Oc2cc(-c4ccc5oc6ccccc6c5c4)cc4c2B3Oc2ccccc2-4)cc(-n2c3ccccc3c3ccccc32)c1. The Morgan fingerprint density at radius 2 is 1.09 bits per heavy atom. The van der Waals surface area contributed by atoms with E-state index in [1.165, 1.54) is 21.8 Å². The van der Waals surface area contributed by atoms with Gasteiger partial charge in [0.05, 0.1) is 11.0 Å². The van der Waals surface area contributed by atoms with Crippen LogP contribution in [-0.2, 0) is 0 Å². The minimum absolute atomic E-state index is 0.286. The molecule has 2 aromatic heterocycles. The first-order valence-electron chi connectivity index (χ1n) is 18.0. The zero-order chi connectivity index (χ0) is 34.6. The average molecular weight is 678 g/mol. The van der Waals surface area contributed by atoms with Gasteiger partial charge in [0, 0.05) is 43.7 Å². The molecule has 0 saturated carbocycles. The summed E-state index contributed by atoms with van der Waals surface area (Å²) in [5, 5.41) is 4.72. The molecule has 0 fully saturated rings. The van der Waals surface area contributed by atoms with Crippen molar-refractivity contribution in [3.8, 4) is 56.3 Å². The van der Waals surface area contributed by atoms with E-state index in [9.17, 15) is 0 Å². The van der Waals surface area contributed by atoms with E-state index in [2.05, 4.69) is 156 Å². The number of nitrogens with zero attached hydrogens (tertiary/aromatic N) is 1. The third-order valence-corrected chi connectivity index (χ3v) is 11.1. The molecule has 0 radical (unpaired) electrons. The minimum atomic E-state index is -0.286. The zero-order valence-electron chi connectivity index (χ0n) is 28.4. The van der Waals surface area contributed by atoms with Crippen molar-refractivity contribution in [3.05, 3.63) is 170 Å². The van der Waals surface area contributed by atoms with Gasteiger partial charge in [0.25, 0.3) is 0 Å². The summed E-state index contributed by atoms with van der Waals surface area (Å²) < 4.78 is 22.2. The summed E-state index contributed by atoms with van der Waals surface area (Å²) in [7, 11) is 0. The Hall–Kier alpha value is -6.98. The summed E-state index contributed by atoms with van der Waals surface area (Å²) in [5.41, 5.74) is 14.0. The van der Waals surface area contributed by atoms with Gasteiger partial charge in [-0.1, -0.05) is 103 Å². The summed E-state index contributed by atoms with van der Waals surface area (Å²) in [4.78, 5) is 0. The van der Waals surface area contributed by atoms with Gasteiger partial charge in [-0.05, 0) is 94.5 Å². The zero-order valence-corrected chi connectivity index (χ0v) is 28.4. The summed E-state index contributed by atoms with van der Waals surface area (Å²) in [6.07, 6.45) is 0. The van der Waals surface area contributed by atoms with E-state index < -0.39 is 0 Å². The molecule has 0 unspecified atom stereocenters. The molecule has 10 aromatic rings. The van der Waals surface area contributed by atoms with Crippen LogP contribution in [0.1, 0.15) is 0 Å². The Morgan fingerprint density at radius 3 is 1.96 bits per heavy atom. The molecule has 8 aromatic carbocycles. The van der Waals surface area contributed by atoms with E-state index in [0.29, 0.717) is 0 Å². The fourth-order valence-corrected chi connectivity index (χ4v) is 8.64. The first-order chi connectivity index (χ1) is 26.2. The Bertz CT molecular complexity index is 3100. The molecule has 2 aliphatic rings. The van der Waals surface area contributed by atoms with Gasteiger partial charge in [0.1, 0.15) is 28.4 Å². The molecular weight excluding hydrogens is 649 g/mol. The maximum atomic E-state index is 6.92. The van der Waals surface area contributed by atoms with E-state index in [1.54, 1.807) is 0 Å². The van der Waals surface area contributed by atoms with Gasteiger partial charge in [0.2, 0.25) is 0 Å². The number of furan rings is 1. The third-order valence-electron chi connectivity index (χ3n) is 11.1. The van der Waals surface area contributed by atoms with E-state index in [-0.39, 0.29) is 6.92 Å². The first-order valence-corrected chi connectivity index (χ1v) is 18.0. The highest BCUT2D eigenvalue weighted by Gasteiger charge is 2.41. The van der Waals surface area contributed by atoms with Gasteiger partial charge in [0.15, 0.2) is 0 Å². The van der Waals surface area contributed by atoms with Crippen LogP contribution in [0.25, 0.3) is 82.8 Å². The Morgan fingerprint density at radius 1 is 0.415 bits per heavy atom. The average Bonchev–Trinajstić information content (AvgIpc) is 3.76. The minimum Gasteiger partial charge on any atom is -0.551 e. The molecule has 0 spiro atoms. The number of fused-ring (bicyclic) bond motifs is 10. The first kappa shape index (κ1) is 28.7. The molecule has 4 heterocycles. The molecule has 5 heteroatoms. The van der Waals surface area contributed by atoms with Gasteiger partial charge in [-0.15, -0.1) is 0 Å². The van der Waals surface area contributed by atoms with Crippen LogP contribution < -0.4 is 20.3 Å². The fraction of sp³-hybridized carbons (Fsp3) is 0. The van der Waals surface area contributed by atoms with Gasteiger partial charge < -0.3 is 18.4 Å². The number of hydrogen-bond acceptors (Lipinski definition) is 3. The van der Waals surface area contributed by atoms with Crippen molar-refractivity contribution in [2.45, 2.75) is 0 Å². The lowest BCUT2D eigenvalue weighted by Crippen LogP contribution is -2.53.